The van der Waals surface area contributed by atoms with Gasteiger partial charge >= 0.3 is 0 Å². The molecule has 1 amide bonds. The molecule has 0 bridgehead atoms. The number of anilines is 1. The topological polar surface area (TPSA) is 91.5 Å². The van der Waals surface area contributed by atoms with Crippen LogP contribution < -0.4 is 10.3 Å². The zero-order valence-electron chi connectivity index (χ0n) is 16.7. The molecule has 2 N–H and O–H groups in total. The van der Waals surface area contributed by atoms with E-state index in [1.165, 1.54) is 11.2 Å². The van der Waals surface area contributed by atoms with E-state index >= 15 is 0 Å². The molecule has 1 aliphatic rings. The molecule has 0 spiro atoms. The van der Waals surface area contributed by atoms with Crippen molar-refractivity contribution in [3.63, 3.8) is 0 Å². The molecule has 2 atom stereocenters. The summed E-state index contributed by atoms with van der Waals surface area (Å²) in [6.45, 7) is 0.200. The number of likely N-dealkylation sites (N-methyl/N-ethyl adjacent to an activating group) is 1. The number of benzene rings is 2. The van der Waals surface area contributed by atoms with Crippen LogP contribution in [0.15, 0.2) is 41.2 Å². The number of rotatable bonds is 4. The van der Waals surface area contributed by atoms with Gasteiger partial charge in [0.2, 0.25) is 0 Å². The molecule has 2 heterocycles. The summed E-state index contributed by atoms with van der Waals surface area (Å²) in [5.41, 5.74) is 1.23. The van der Waals surface area contributed by atoms with Gasteiger partial charge in [-0.15, -0.1) is 0 Å². The minimum absolute atomic E-state index is 0.00187. The molecule has 0 saturated carbocycles. The van der Waals surface area contributed by atoms with Crippen molar-refractivity contribution in [2.24, 2.45) is 0 Å². The van der Waals surface area contributed by atoms with E-state index in [9.17, 15) is 22.6 Å². The van der Waals surface area contributed by atoms with Crippen molar-refractivity contribution >= 4 is 33.4 Å². The molecule has 1 aliphatic heterocycles. The number of fused-ring (bicyclic) bond motifs is 3. The maximum atomic E-state index is 14.0. The van der Waals surface area contributed by atoms with Crippen molar-refractivity contribution in [3.05, 3.63) is 75.2 Å². The molecule has 0 saturated heterocycles. The molecule has 10 heteroatoms. The van der Waals surface area contributed by atoms with E-state index in [0.717, 1.165) is 12.1 Å². The number of aromatic nitrogens is 1. The summed E-state index contributed by atoms with van der Waals surface area (Å²) in [5, 5.41) is 0.240. The highest BCUT2D eigenvalue weighted by atomic mass is 32.2. The second kappa shape index (κ2) is 8.20. The van der Waals surface area contributed by atoms with Gasteiger partial charge in [0, 0.05) is 35.8 Å². The van der Waals surface area contributed by atoms with Crippen LogP contribution in [0.25, 0.3) is 10.8 Å². The molecule has 0 fully saturated rings. The Bertz CT molecular complexity index is 1280. The van der Waals surface area contributed by atoms with Crippen molar-refractivity contribution in [2.45, 2.75) is 12.6 Å². The fourth-order valence-electron chi connectivity index (χ4n) is 3.77. The summed E-state index contributed by atoms with van der Waals surface area (Å²) in [4.78, 5) is 29.6. The van der Waals surface area contributed by atoms with Crippen LogP contribution in [-0.2, 0) is 22.3 Å². The third-order valence-electron chi connectivity index (χ3n) is 5.20. The van der Waals surface area contributed by atoms with Crippen LogP contribution >= 0.6 is 0 Å². The highest BCUT2D eigenvalue weighted by Crippen LogP contribution is 2.34. The SMILES string of the molecule is CN(C(=O)c1cccc(N[S@](C)=O)c1)C1COCc2[nH]c(=O)c3cc(F)c(F)cc3c21. The number of halogens is 2. The van der Waals surface area contributed by atoms with E-state index in [1.807, 2.05) is 0 Å². The Morgan fingerprint density at radius 1 is 1.23 bits per heavy atom. The average Bonchev–Trinajstić information content (AvgIpc) is 2.73. The summed E-state index contributed by atoms with van der Waals surface area (Å²) in [7, 11) is 0.270. The Hall–Kier alpha value is -3.11. The Labute approximate surface area is 178 Å². The molecule has 1 unspecified atom stereocenters. The molecule has 162 valence electrons. The number of pyridine rings is 1. The minimum Gasteiger partial charge on any atom is -0.373 e. The van der Waals surface area contributed by atoms with E-state index in [2.05, 4.69) is 9.71 Å². The molecule has 31 heavy (non-hydrogen) atoms. The standard InChI is InChI=1S/C21H19F2N3O4S/c1-26(21(28)11-4-3-5-12(6-11)25-31(2)29)18-10-30-9-17-19(18)13-7-15(22)16(23)8-14(13)20(27)24-17/h3-8,18,25H,9-10H2,1-2H3,(H,24,27)/t18?,31-/m0/s1. The van der Waals surface area contributed by atoms with Gasteiger partial charge in [-0.25, -0.2) is 13.0 Å². The average molecular weight is 447 g/mol. The van der Waals surface area contributed by atoms with Gasteiger partial charge in [0.05, 0.1) is 24.6 Å². The zero-order chi connectivity index (χ0) is 22.3. The van der Waals surface area contributed by atoms with Crippen LogP contribution in [0.4, 0.5) is 14.5 Å². The first-order valence-corrected chi connectivity index (χ1v) is 10.9. The van der Waals surface area contributed by atoms with E-state index in [1.54, 1.807) is 31.3 Å². The highest BCUT2D eigenvalue weighted by Gasteiger charge is 2.31. The first-order chi connectivity index (χ1) is 14.8. The van der Waals surface area contributed by atoms with Crippen molar-refractivity contribution < 1.29 is 22.5 Å². The second-order valence-corrected chi connectivity index (χ2v) is 8.35. The zero-order valence-corrected chi connectivity index (χ0v) is 17.5. The van der Waals surface area contributed by atoms with E-state index in [0.29, 0.717) is 22.5 Å². The summed E-state index contributed by atoms with van der Waals surface area (Å²) >= 11 is 0. The van der Waals surface area contributed by atoms with E-state index in [-0.39, 0.29) is 29.9 Å². The van der Waals surface area contributed by atoms with Gasteiger partial charge in [-0.05, 0) is 35.7 Å². The van der Waals surface area contributed by atoms with Crippen molar-refractivity contribution in [1.29, 1.82) is 0 Å². The van der Waals surface area contributed by atoms with Crippen molar-refractivity contribution in [1.82, 2.24) is 9.88 Å². The quantitative estimate of drug-likeness (QED) is 0.644. The number of nitrogens with zero attached hydrogens (tertiary/aromatic N) is 1. The summed E-state index contributed by atoms with van der Waals surface area (Å²) in [5.74, 6) is -2.55. The van der Waals surface area contributed by atoms with Crippen LogP contribution in [-0.4, -0.2) is 39.9 Å². The predicted octanol–water partition coefficient (Wildman–Crippen LogP) is 2.86. The lowest BCUT2D eigenvalue weighted by Crippen LogP contribution is -2.37. The lowest BCUT2D eigenvalue weighted by atomic mass is 9.95. The lowest BCUT2D eigenvalue weighted by Gasteiger charge is -2.34. The molecular weight excluding hydrogens is 428 g/mol. The third-order valence-corrected chi connectivity index (χ3v) is 5.72. The molecule has 0 radical (unpaired) electrons. The summed E-state index contributed by atoms with van der Waals surface area (Å²) in [6, 6.07) is 7.74. The fraction of sp³-hybridized carbons (Fsp3) is 0.238. The Morgan fingerprint density at radius 2 is 1.94 bits per heavy atom. The number of amides is 1. The van der Waals surface area contributed by atoms with Crippen LogP contribution in [0, 0.1) is 11.6 Å². The lowest BCUT2D eigenvalue weighted by molar-refractivity contribution is 0.0335. The first kappa shape index (κ1) is 21.1. The molecular formula is C21H19F2N3O4S. The molecule has 7 nitrogen and oxygen atoms in total. The van der Waals surface area contributed by atoms with Gasteiger partial charge in [0.15, 0.2) is 11.6 Å². The van der Waals surface area contributed by atoms with Gasteiger partial charge in [0.1, 0.15) is 11.0 Å². The number of carbonyl (C=O) groups is 1. The van der Waals surface area contributed by atoms with Crippen LogP contribution in [0.1, 0.15) is 27.7 Å². The van der Waals surface area contributed by atoms with E-state index < -0.39 is 34.2 Å². The number of carbonyl (C=O) groups excluding carboxylic acids is 1. The largest absolute Gasteiger partial charge is 0.373 e. The molecule has 4 rings (SSSR count). The molecule has 2 aromatic carbocycles. The molecule has 3 aromatic rings. The number of ether oxygens (including phenoxy) is 1. The summed E-state index contributed by atoms with van der Waals surface area (Å²) < 4.78 is 47.5. The number of hydrogen-bond donors (Lipinski definition) is 2. The maximum Gasteiger partial charge on any atom is 0.256 e. The van der Waals surface area contributed by atoms with Crippen LogP contribution in [0.2, 0.25) is 0 Å². The fourth-order valence-corrected chi connectivity index (χ4v) is 4.23. The highest BCUT2D eigenvalue weighted by molar-refractivity contribution is 7.85. The molecule has 0 aliphatic carbocycles. The smallest absolute Gasteiger partial charge is 0.256 e. The normalized spacial score (nSPS) is 16.6. The number of H-pyrrole nitrogens is 1. The van der Waals surface area contributed by atoms with Gasteiger partial charge in [-0.2, -0.15) is 0 Å². The van der Waals surface area contributed by atoms with Crippen LogP contribution in [0.3, 0.4) is 0 Å². The van der Waals surface area contributed by atoms with Crippen molar-refractivity contribution in [2.75, 3.05) is 24.6 Å². The van der Waals surface area contributed by atoms with Gasteiger partial charge < -0.3 is 19.3 Å². The predicted molar refractivity (Wildman–Crippen MR) is 113 cm³/mol. The summed E-state index contributed by atoms with van der Waals surface area (Å²) in [6.07, 6.45) is 1.48. The number of aromatic amines is 1. The second-order valence-electron chi connectivity index (χ2n) is 7.24. The van der Waals surface area contributed by atoms with Crippen LogP contribution in [0.5, 0.6) is 0 Å². The molecule has 1 aromatic heterocycles. The Kier molecular flexibility index (Phi) is 5.59. The van der Waals surface area contributed by atoms with Gasteiger partial charge in [-0.3, -0.25) is 9.59 Å². The Morgan fingerprint density at radius 3 is 2.65 bits per heavy atom. The monoisotopic (exact) mass is 447 g/mol. The number of nitrogens with one attached hydrogen (secondary N) is 2. The van der Waals surface area contributed by atoms with E-state index in [4.69, 9.17) is 4.74 Å². The first-order valence-electron chi connectivity index (χ1n) is 9.35. The Balaban J connectivity index is 1.78. The number of hydrogen-bond acceptors (Lipinski definition) is 4. The maximum absolute atomic E-state index is 14.0. The van der Waals surface area contributed by atoms with Crippen molar-refractivity contribution in [3.8, 4) is 0 Å². The minimum atomic E-state index is -1.30. The van der Waals surface area contributed by atoms with Gasteiger partial charge in [0.25, 0.3) is 11.5 Å². The third kappa shape index (κ3) is 3.96. The van der Waals surface area contributed by atoms with Gasteiger partial charge in [-0.1, -0.05) is 6.07 Å².